The van der Waals surface area contributed by atoms with Crippen LogP contribution in [0, 0.1) is 18.5 Å². The molecular weight excluding hydrogens is 396 g/mol. The Hall–Kier alpha value is -0.360. The number of nitrogens with zero attached hydrogens (tertiary/aromatic N) is 1. The predicted molar refractivity (Wildman–Crippen MR) is 63.6 cm³/mol. The third-order valence-electron chi connectivity index (χ3n) is 1.39. The molecule has 0 atom stereocenters. The molecule has 0 aliphatic carbocycles. The molecule has 0 aliphatic rings. The third kappa shape index (κ3) is 2.31. The number of carboxylic acid groups (broad SMARTS) is 1. The van der Waals surface area contributed by atoms with E-state index in [-0.39, 0.29) is 5.56 Å². The number of carboxylic acids is 1. The highest BCUT2D eigenvalue weighted by Gasteiger charge is 2.12. The van der Waals surface area contributed by atoms with Crippen LogP contribution in [0.15, 0.2) is 12.1 Å². The quantitative estimate of drug-likeness (QED) is 0.739. The van der Waals surface area contributed by atoms with Gasteiger partial charge in [-0.2, -0.15) is 5.26 Å². The number of aromatic carboxylic acids is 1. The lowest BCUT2D eigenvalue weighted by Crippen LogP contribution is -2.02. The van der Waals surface area contributed by atoms with Gasteiger partial charge in [0.1, 0.15) is 0 Å². The molecule has 0 fully saturated rings. The molecule has 1 N–H and O–H groups in total. The topological polar surface area (TPSA) is 61.1 Å². The maximum atomic E-state index is 10.7. The summed E-state index contributed by atoms with van der Waals surface area (Å²) in [5, 5.41) is 17.4. The number of hydrogen-bond donors (Lipinski definition) is 1. The van der Waals surface area contributed by atoms with Crippen LogP contribution >= 0.6 is 45.2 Å². The summed E-state index contributed by atoms with van der Waals surface area (Å²) in [4.78, 5) is 10.7. The van der Waals surface area contributed by atoms with E-state index in [4.69, 9.17) is 10.4 Å². The smallest absolute Gasteiger partial charge is 0.336 e. The lowest BCUT2D eigenvalue weighted by atomic mass is 10.1. The van der Waals surface area contributed by atoms with E-state index < -0.39 is 5.97 Å². The highest BCUT2D eigenvalue weighted by molar-refractivity contribution is 14.1. The standard InChI is InChI=1S/C8H3I2NO2/c9-6-2-4(3-11)1-5(7(6)10)8(12)13/h1-2H,(H,12,13). The van der Waals surface area contributed by atoms with Crippen LogP contribution in [0.3, 0.4) is 0 Å². The second-order valence-electron chi connectivity index (χ2n) is 2.24. The average molecular weight is 399 g/mol. The minimum atomic E-state index is -1.00. The summed E-state index contributed by atoms with van der Waals surface area (Å²) < 4.78 is 1.46. The van der Waals surface area contributed by atoms with Gasteiger partial charge in [-0.25, -0.2) is 4.79 Å². The zero-order valence-corrected chi connectivity index (χ0v) is 10.5. The molecule has 0 aromatic heterocycles. The van der Waals surface area contributed by atoms with E-state index in [1.807, 2.05) is 51.3 Å². The van der Waals surface area contributed by atoms with Gasteiger partial charge in [-0.3, -0.25) is 0 Å². The molecule has 0 saturated heterocycles. The first kappa shape index (κ1) is 10.7. The first-order chi connectivity index (χ1) is 6.06. The second-order valence-corrected chi connectivity index (χ2v) is 4.48. The van der Waals surface area contributed by atoms with E-state index in [1.165, 1.54) is 6.07 Å². The molecular formula is C8H3I2NO2. The molecule has 5 heteroatoms. The van der Waals surface area contributed by atoms with Crippen molar-refractivity contribution >= 4 is 51.2 Å². The summed E-state index contributed by atoms with van der Waals surface area (Å²) in [7, 11) is 0. The van der Waals surface area contributed by atoms with Crippen LogP contribution in [-0.4, -0.2) is 11.1 Å². The molecule has 0 unspecified atom stereocenters. The zero-order chi connectivity index (χ0) is 10.0. The molecule has 3 nitrogen and oxygen atoms in total. The monoisotopic (exact) mass is 399 g/mol. The van der Waals surface area contributed by atoms with Crippen LogP contribution in [0.2, 0.25) is 0 Å². The molecule has 0 heterocycles. The molecule has 0 aliphatic heterocycles. The van der Waals surface area contributed by atoms with Gasteiger partial charge < -0.3 is 5.11 Å². The van der Waals surface area contributed by atoms with E-state index in [0.717, 1.165) is 3.57 Å². The first-order valence-electron chi connectivity index (χ1n) is 3.18. The normalized spacial score (nSPS) is 9.31. The van der Waals surface area contributed by atoms with Gasteiger partial charge in [0.15, 0.2) is 0 Å². The number of carbonyl (C=O) groups is 1. The van der Waals surface area contributed by atoms with Gasteiger partial charge >= 0.3 is 5.97 Å². The fraction of sp³-hybridized carbons (Fsp3) is 0. The van der Waals surface area contributed by atoms with Crippen molar-refractivity contribution in [2.24, 2.45) is 0 Å². The molecule has 0 bridgehead atoms. The highest BCUT2D eigenvalue weighted by Crippen LogP contribution is 2.21. The number of rotatable bonds is 1. The molecule has 0 saturated carbocycles. The summed E-state index contributed by atoms with van der Waals surface area (Å²) in [6.45, 7) is 0. The van der Waals surface area contributed by atoms with Crippen LogP contribution in [0.25, 0.3) is 0 Å². The van der Waals surface area contributed by atoms with Gasteiger partial charge in [-0.05, 0) is 57.3 Å². The lowest BCUT2D eigenvalue weighted by Gasteiger charge is -2.01. The summed E-state index contributed by atoms with van der Waals surface area (Å²) in [6.07, 6.45) is 0. The van der Waals surface area contributed by atoms with Gasteiger partial charge in [-0.1, -0.05) is 0 Å². The number of halogens is 2. The maximum Gasteiger partial charge on any atom is 0.336 e. The van der Waals surface area contributed by atoms with E-state index in [1.54, 1.807) is 6.07 Å². The van der Waals surface area contributed by atoms with Crippen LogP contribution in [0.5, 0.6) is 0 Å². The SMILES string of the molecule is N#Cc1cc(I)c(I)c(C(=O)O)c1. The van der Waals surface area contributed by atoms with Gasteiger partial charge in [0.05, 0.1) is 17.2 Å². The second kappa shape index (κ2) is 4.23. The van der Waals surface area contributed by atoms with Crippen molar-refractivity contribution in [2.45, 2.75) is 0 Å². The largest absolute Gasteiger partial charge is 0.478 e. The summed E-state index contributed by atoms with van der Waals surface area (Å²) in [5.74, 6) is -1.00. The van der Waals surface area contributed by atoms with E-state index in [2.05, 4.69) is 0 Å². The Morgan fingerprint density at radius 2 is 2.08 bits per heavy atom. The molecule has 1 aromatic carbocycles. The van der Waals surface area contributed by atoms with Gasteiger partial charge in [0.2, 0.25) is 0 Å². The zero-order valence-electron chi connectivity index (χ0n) is 6.21. The van der Waals surface area contributed by atoms with Crippen LogP contribution in [0.1, 0.15) is 15.9 Å². The Morgan fingerprint density at radius 3 is 2.54 bits per heavy atom. The van der Waals surface area contributed by atoms with Crippen molar-refractivity contribution in [3.8, 4) is 6.07 Å². The summed E-state index contributed by atoms with van der Waals surface area (Å²) in [6, 6.07) is 4.96. The summed E-state index contributed by atoms with van der Waals surface area (Å²) in [5.41, 5.74) is 0.561. The first-order valence-corrected chi connectivity index (χ1v) is 5.34. The Bertz CT molecular complexity index is 409. The van der Waals surface area contributed by atoms with Crippen molar-refractivity contribution < 1.29 is 9.90 Å². The number of nitriles is 1. The molecule has 66 valence electrons. The van der Waals surface area contributed by atoms with Crippen molar-refractivity contribution in [3.63, 3.8) is 0 Å². The fourth-order valence-electron chi connectivity index (χ4n) is 0.809. The lowest BCUT2D eigenvalue weighted by molar-refractivity contribution is 0.0695. The molecule has 0 spiro atoms. The Labute approximate surface area is 102 Å². The van der Waals surface area contributed by atoms with E-state index >= 15 is 0 Å². The fourth-order valence-corrected chi connectivity index (χ4v) is 1.98. The van der Waals surface area contributed by atoms with Crippen LogP contribution < -0.4 is 0 Å². The molecule has 13 heavy (non-hydrogen) atoms. The molecule has 0 radical (unpaired) electrons. The number of hydrogen-bond acceptors (Lipinski definition) is 2. The Morgan fingerprint density at radius 1 is 1.46 bits per heavy atom. The van der Waals surface area contributed by atoms with Gasteiger partial charge in [0.25, 0.3) is 0 Å². The van der Waals surface area contributed by atoms with Gasteiger partial charge in [0, 0.05) is 7.14 Å². The maximum absolute atomic E-state index is 10.7. The minimum absolute atomic E-state index is 0.184. The van der Waals surface area contributed by atoms with Gasteiger partial charge in [-0.15, -0.1) is 0 Å². The Balaban J connectivity index is 3.44. The van der Waals surface area contributed by atoms with E-state index in [9.17, 15) is 4.79 Å². The van der Waals surface area contributed by atoms with Crippen LogP contribution in [-0.2, 0) is 0 Å². The predicted octanol–water partition coefficient (Wildman–Crippen LogP) is 2.47. The van der Waals surface area contributed by atoms with Crippen molar-refractivity contribution in [1.29, 1.82) is 5.26 Å². The third-order valence-corrected chi connectivity index (χ3v) is 4.43. The molecule has 0 amide bonds. The minimum Gasteiger partial charge on any atom is -0.478 e. The molecule has 1 aromatic rings. The highest BCUT2D eigenvalue weighted by atomic mass is 127. The Kier molecular flexibility index (Phi) is 3.49. The van der Waals surface area contributed by atoms with E-state index in [0.29, 0.717) is 9.13 Å². The van der Waals surface area contributed by atoms with Crippen molar-refractivity contribution in [1.82, 2.24) is 0 Å². The average Bonchev–Trinajstić information content (AvgIpc) is 2.09. The molecule has 1 rings (SSSR count). The summed E-state index contributed by atoms with van der Waals surface area (Å²) >= 11 is 3.97. The van der Waals surface area contributed by atoms with Crippen LogP contribution in [0.4, 0.5) is 0 Å². The number of benzene rings is 1. The van der Waals surface area contributed by atoms with Crippen molar-refractivity contribution in [2.75, 3.05) is 0 Å². The van der Waals surface area contributed by atoms with Crippen molar-refractivity contribution in [3.05, 3.63) is 30.4 Å².